The molecule has 0 unspecified atom stereocenters. The standard InChI is InChI=1S/C18H25NO11/c1-7(20)14-11(22)12(23)17(28-14)30-16-13(24)18(29-15(16)8(2)21)27-10-5-3-9(4-6-10)19(25)26/h3-8,11-18,20-24H,1-2H3/t7-,8-,11-,12-,13-,14+,15+,16-,17+,18-/m1/s1. The molecule has 0 aromatic heterocycles. The number of nitro groups is 1. The molecule has 1 aromatic carbocycles. The Balaban J connectivity index is 1.70. The zero-order valence-electron chi connectivity index (χ0n) is 16.2. The second kappa shape index (κ2) is 9.08. The molecule has 2 aliphatic rings. The minimum Gasteiger partial charge on any atom is -0.462 e. The van der Waals surface area contributed by atoms with Crippen molar-refractivity contribution in [3.63, 3.8) is 0 Å². The quantitative estimate of drug-likeness (QED) is 0.254. The molecule has 0 saturated carbocycles. The second-order valence-electron chi connectivity index (χ2n) is 7.36. The molecular formula is C18H25NO11. The van der Waals surface area contributed by atoms with Gasteiger partial charge in [-0.25, -0.2) is 0 Å². The lowest BCUT2D eigenvalue weighted by atomic mass is 10.1. The fraction of sp³-hybridized carbons (Fsp3) is 0.667. The Morgan fingerprint density at radius 2 is 1.50 bits per heavy atom. The van der Waals surface area contributed by atoms with Crippen LogP contribution in [-0.2, 0) is 14.2 Å². The summed E-state index contributed by atoms with van der Waals surface area (Å²) >= 11 is 0. The molecule has 3 rings (SSSR count). The average Bonchev–Trinajstić information content (AvgIpc) is 3.14. The van der Waals surface area contributed by atoms with E-state index in [2.05, 4.69) is 0 Å². The number of hydrogen-bond donors (Lipinski definition) is 5. The minimum atomic E-state index is -1.50. The molecule has 30 heavy (non-hydrogen) atoms. The number of nitro benzene ring substituents is 1. The van der Waals surface area contributed by atoms with Gasteiger partial charge in [0, 0.05) is 12.1 Å². The van der Waals surface area contributed by atoms with Crippen molar-refractivity contribution in [1.29, 1.82) is 0 Å². The molecule has 12 heteroatoms. The smallest absolute Gasteiger partial charge is 0.269 e. The SMILES string of the molecule is C[C@@H](O)[C@@H]1O[C@@H](O[C@@H]2[C@@H](O)[C@H](Oc3ccc([N+](=O)[O-])cc3)O[C@H]2[C@@H](C)O)[C@H](O)[C@H]1O. The summed E-state index contributed by atoms with van der Waals surface area (Å²) in [4.78, 5) is 10.2. The van der Waals surface area contributed by atoms with Crippen LogP contribution in [-0.4, -0.2) is 91.9 Å². The number of ether oxygens (including phenoxy) is 4. The molecule has 5 N–H and O–H groups in total. The van der Waals surface area contributed by atoms with Gasteiger partial charge in [0.15, 0.2) is 6.29 Å². The van der Waals surface area contributed by atoms with Gasteiger partial charge in [-0.3, -0.25) is 10.1 Å². The van der Waals surface area contributed by atoms with Crippen LogP contribution in [0.5, 0.6) is 5.75 Å². The first-order valence-corrected chi connectivity index (χ1v) is 9.38. The molecule has 2 heterocycles. The van der Waals surface area contributed by atoms with E-state index in [9.17, 15) is 35.6 Å². The molecule has 2 fully saturated rings. The van der Waals surface area contributed by atoms with Crippen LogP contribution in [0.2, 0.25) is 0 Å². The zero-order chi connectivity index (χ0) is 22.2. The highest BCUT2D eigenvalue weighted by Gasteiger charge is 2.53. The predicted molar refractivity (Wildman–Crippen MR) is 97.3 cm³/mol. The molecule has 0 spiro atoms. The Bertz CT molecular complexity index is 727. The Kier molecular flexibility index (Phi) is 6.89. The van der Waals surface area contributed by atoms with Crippen molar-refractivity contribution in [2.45, 2.75) is 75.3 Å². The summed E-state index contributed by atoms with van der Waals surface area (Å²) in [6, 6.07) is 5.09. The first-order valence-electron chi connectivity index (χ1n) is 9.38. The maximum Gasteiger partial charge on any atom is 0.269 e. The lowest BCUT2D eigenvalue weighted by molar-refractivity contribution is -0.384. The first-order chi connectivity index (χ1) is 14.1. The summed E-state index contributed by atoms with van der Waals surface area (Å²) in [7, 11) is 0. The average molecular weight is 431 g/mol. The highest BCUT2D eigenvalue weighted by atomic mass is 16.8. The maximum absolute atomic E-state index is 10.7. The third kappa shape index (κ3) is 4.55. The Labute approximate surface area is 171 Å². The Morgan fingerprint density at radius 1 is 0.933 bits per heavy atom. The first kappa shape index (κ1) is 22.8. The van der Waals surface area contributed by atoms with Crippen molar-refractivity contribution in [3.8, 4) is 5.75 Å². The lowest BCUT2D eigenvalue weighted by Gasteiger charge is -2.26. The number of benzene rings is 1. The highest BCUT2D eigenvalue weighted by molar-refractivity contribution is 5.36. The largest absolute Gasteiger partial charge is 0.462 e. The molecule has 0 bridgehead atoms. The number of rotatable bonds is 7. The van der Waals surface area contributed by atoms with Gasteiger partial charge in [-0.05, 0) is 26.0 Å². The van der Waals surface area contributed by atoms with E-state index in [0.717, 1.165) is 0 Å². The van der Waals surface area contributed by atoms with E-state index in [1.54, 1.807) is 0 Å². The van der Waals surface area contributed by atoms with Gasteiger partial charge in [0.1, 0.15) is 42.4 Å². The highest BCUT2D eigenvalue weighted by Crippen LogP contribution is 2.33. The summed E-state index contributed by atoms with van der Waals surface area (Å²) in [5.74, 6) is 0.177. The van der Waals surface area contributed by atoms with Crippen molar-refractivity contribution in [2.24, 2.45) is 0 Å². The molecule has 0 amide bonds. The van der Waals surface area contributed by atoms with Crippen molar-refractivity contribution in [3.05, 3.63) is 34.4 Å². The van der Waals surface area contributed by atoms with E-state index in [-0.39, 0.29) is 11.4 Å². The molecule has 168 valence electrons. The predicted octanol–water partition coefficient (Wildman–Crippen LogP) is -1.35. The van der Waals surface area contributed by atoms with Crippen LogP contribution in [0.1, 0.15) is 13.8 Å². The lowest BCUT2D eigenvalue weighted by Crippen LogP contribution is -2.45. The van der Waals surface area contributed by atoms with Gasteiger partial charge < -0.3 is 44.5 Å². The number of aliphatic hydroxyl groups excluding tert-OH is 5. The number of non-ortho nitro benzene ring substituents is 1. The second-order valence-corrected chi connectivity index (χ2v) is 7.36. The van der Waals surface area contributed by atoms with Gasteiger partial charge in [0.2, 0.25) is 6.29 Å². The van der Waals surface area contributed by atoms with Crippen molar-refractivity contribution >= 4 is 5.69 Å². The monoisotopic (exact) mass is 431 g/mol. The Morgan fingerprint density at radius 3 is 2.00 bits per heavy atom. The van der Waals surface area contributed by atoms with E-state index in [4.69, 9.17) is 18.9 Å². The maximum atomic E-state index is 10.7. The third-order valence-corrected chi connectivity index (χ3v) is 5.03. The summed E-state index contributed by atoms with van der Waals surface area (Å²) in [5.41, 5.74) is -0.142. The van der Waals surface area contributed by atoms with Gasteiger partial charge in [-0.15, -0.1) is 0 Å². The van der Waals surface area contributed by atoms with E-state index >= 15 is 0 Å². The molecule has 0 aliphatic carbocycles. The minimum absolute atomic E-state index is 0.142. The molecule has 1 aromatic rings. The van der Waals surface area contributed by atoms with Crippen LogP contribution in [0.4, 0.5) is 5.69 Å². The van der Waals surface area contributed by atoms with Gasteiger partial charge in [-0.2, -0.15) is 0 Å². The van der Waals surface area contributed by atoms with Crippen LogP contribution < -0.4 is 4.74 Å². The Hall–Kier alpha value is -1.90. The fourth-order valence-corrected chi connectivity index (χ4v) is 3.42. The number of nitrogens with zero attached hydrogens (tertiary/aromatic N) is 1. The molecule has 2 saturated heterocycles. The van der Waals surface area contributed by atoms with Crippen LogP contribution in [0, 0.1) is 10.1 Å². The van der Waals surface area contributed by atoms with Crippen LogP contribution >= 0.6 is 0 Å². The molecule has 12 nitrogen and oxygen atoms in total. The molecule has 10 atom stereocenters. The summed E-state index contributed by atoms with van der Waals surface area (Å²) in [6.07, 6.45) is -12.6. The summed E-state index contributed by atoms with van der Waals surface area (Å²) in [6.45, 7) is 2.78. The fourth-order valence-electron chi connectivity index (χ4n) is 3.42. The van der Waals surface area contributed by atoms with Gasteiger partial charge in [0.05, 0.1) is 17.1 Å². The van der Waals surface area contributed by atoms with Gasteiger partial charge in [0.25, 0.3) is 5.69 Å². The van der Waals surface area contributed by atoms with Gasteiger partial charge >= 0.3 is 0 Å². The van der Waals surface area contributed by atoms with Crippen LogP contribution in [0.25, 0.3) is 0 Å². The summed E-state index contributed by atoms with van der Waals surface area (Å²) < 4.78 is 22.0. The summed E-state index contributed by atoms with van der Waals surface area (Å²) in [5, 5.41) is 61.1. The van der Waals surface area contributed by atoms with Gasteiger partial charge in [-0.1, -0.05) is 0 Å². The third-order valence-electron chi connectivity index (χ3n) is 5.03. The van der Waals surface area contributed by atoms with E-state index in [1.165, 1.54) is 38.1 Å². The molecule has 2 aliphatic heterocycles. The van der Waals surface area contributed by atoms with Crippen molar-refractivity contribution in [2.75, 3.05) is 0 Å². The number of aliphatic hydroxyl groups is 5. The van der Waals surface area contributed by atoms with E-state index in [1.807, 2.05) is 0 Å². The van der Waals surface area contributed by atoms with Crippen LogP contribution in [0.3, 0.4) is 0 Å². The van der Waals surface area contributed by atoms with Crippen molar-refractivity contribution in [1.82, 2.24) is 0 Å². The normalized spacial score (nSPS) is 38.4. The van der Waals surface area contributed by atoms with E-state index in [0.29, 0.717) is 0 Å². The zero-order valence-corrected chi connectivity index (χ0v) is 16.2. The van der Waals surface area contributed by atoms with E-state index < -0.39 is 66.3 Å². The number of hydrogen-bond acceptors (Lipinski definition) is 11. The van der Waals surface area contributed by atoms with Crippen LogP contribution in [0.15, 0.2) is 24.3 Å². The molecular weight excluding hydrogens is 406 g/mol. The topological polar surface area (TPSA) is 181 Å². The van der Waals surface area contributed by atoms with Crippen molar-refractivity contribution < 1.29 is 49.4 Å². The molecule has 0 radical (unpaired) electrons.